The minimum absolute atomic E-state index is 0.0874. The Hall–Kier alpha value is -1.07. The molecule has 1 saturated heterocycles. The van der Waals surface area contributed by atoms with Crippen LogP contribution in [0.2, 0.25) is 0 Å². The van der Waals surface area contributed by atoms with E-state index in [1.54, 1.807) is 23.9 Å². The first-order valence-corrected chi connectivity index (χ1v) is 9.60. The van der Waals surface area contributed by atoms with Gasteiger partial charge in [0.2, 0.25) is 5.91 Å². The standard InChI is InChI=1S/C18H27FN2OS/c1-15-7-11-21(12-8-15)10-2-9-20-18(22)14-23-13-16-3-5-17(19)6-4-16/h3-6,15H,2,7-14H2,1H3,(H,20,22). The number of benzene rings is 1. The van der Waals surface area contributed by atoms with Crippen molar-refractivity contribution in [3.8, 4) is 0 Å². The number of piperidine rings is 1. The lowest BCUT2D eigenvalue weighted by Gasteiger charge is -2.30. The smallest absolute Gasteiger partial charge is 0.230 e. The van der Waals surface area contributed by atoms with Crippen LogP contribution in [0.3, 0.4) is 0 Å². The largest absolute Gasteiger partial charge is 0.355 e. The summed E-state index contributed by atoms with van der Waals surface area (Å²) in [6.45, 7) is 6.55. The number of carbonyl (C=O) groups is 1. The number of hydrogen-bond acceptors (Lipinski definition) is 3. The molecular formula is C18H27FN2OS. The summed E-state index contributed by atoms with van der Waals surface area (Å²) in [5.41, 5.74) is 1.04. The summed E-state index contributed by atoms with van der Waals surface area (Å²) in [6, 6.07) is 6.44. The zero-order valence-electron chi connectivity index (χ0n) is 13.9. The van der Waals surface area contributed by atoms with Gasteiger partial charge in [-0.15, -0.1) is 11.8 Å². The number of nitrogens with one attached hydrogen (secondary N) is 1. The molecule has 5 heteroatoms. The topological polar surface area (TPSA) is 32.3 Å². The van der Waals surface area contributed by atoms with Crippen molar-refractivity contribution in [1.82, 2.24) is 10.2 Å². The molecule has 0 aromatic heterocycles. The van der Waals surface area contributed by atoms with Gasteiger partial charge in [-0.2, -0.15) is 0 Å². The Morgan fingerprint density at radius 2 is 2.00 bits per heavy atom. The van der Waals surface area contributed by atoms with Crippen molar-refractivity contribution in [3.05, 3.63) is 35.6 Å². The van der Waals surface area contributed by atoms with Crippen LogP contribution in [0.25, 0.3) is 0 Å². The van der Waals surface area contributed by atoms with Crippen molar-refractivity contribution in [1.29, 1.82) is 0 Å². The number of thioether (sulfide) groups is 1. The van der Waals surface area contributed by atoms with Crippen LogP contribution in [0.1, 0.15) is 31.7 Å². The van der Waals surface area contributed by atoms with Crippen molar-refractivity contribution >= 4 is 17.7 Å². The Labute approximate surface area is 143 Å². The van der Waals surface area contributed by atoms with E-state index in [0.717, 1.165) is 36.7 Å². The molecule has 2 rings (SSSR count). The summed E-state index contributed by atoms with van der Waals surface area (Å²) in [5, 5.41) is 2.98. The van der Waals surface area contributed by atoms with E-state index in [-0.39, 0.29) is 11.7 Å². The molecule has 1 N–H and O–H groups in total. The lowest BCUT2D eigenvalue weighted by Crippen LogP contribution is -2.35. The lowest BCUT2D eigenvalue weighted by molar-refractivity contribution is -0.118. The first-order valence-electron chi connectivity index (χ1n) is 8.45. The first-order chi connectivity index (χ1) is 11.1. The second-order valence-electron chi connectivity index (χ2n) is 6.35. The third-order valence-electron chi connectivity index (χ3n) is 4.26. The molecule has 0 radical (unpaired) electrons. The van der Waals surface area contributed by atoms with E-state index in [2.05, 4.69) is 17.1 Å². The first kappa shape index (κ1) is 18.3. The number of likely N-dealkylation sites (tertiary alicyclic amines) is 1. The molecule has 0 aliphatic carbocycles. The highest BCUT2D eigenvalue weighted by Crippen LogP contribution is 2.15. The molecule has 0 saturated carbocycles. The summed E-state index contributed by atoms with van der Waals surface area (Å²) >= 11 is 1.56. The second kappa shape index (κ2) is 9.93. The van der Waals surface area contributed by atoms with Crippen LogP contribution in [0.5, 0.6) is 0 Å². The molecule has 1 aliphatic rings. The average molecular weight is 338 g/mol. The van der Waals surface area contributed by atoms with Crippen LogP contribution in [-0.4, -0.2) is 42.7 Å². The molecule has 0 bridgehead atoms. The Bertz CT molecular complexity index is 472. The minimum atomic E-state index is -0.223. The molecule has 1 aromatic carbocycles. The van der Waals surface area contributed by atoms with Crippen molar-refractivity contribution in [3.63, 3.8) is 0 Å². The molecule has 0 unspecified atom stereocenters. The molecule has 1 aliphatic heterocycles. The highest BCUT2D eigenvalue weighted by atomic mass is 32.2. The van der Waals surface area contributed by atoms with E-state index in [9.17, 15) is 9.18 Å². The van der Waals surface area contributed by atoms with Crippen LogP contribution < -0.4 is 5.32 Å². The van der Waals surface area contributed by atoms with E-state index >= 15 is 0 Å². The fraction of sp³-hybridized carbons (Fsp3) is 0.611. The number of carbonyl (C=O) groups excluding carboxylic acids is 1. The number of nitrogens with zero attached hydrogens (tertiary/aromatic N) is 1. The Kier molecular flexibility index (Phi) is 7.89. The molecule has 128 valence electrons. The maximum atomic E-state index is 12.8. The van der Waals surface area contributed by atoms with Crippen LogP contribution in [-0.2, 0) is 10.5 Å². The molecule has 23 heavy (non-hydrogen) atoms. The van der Waals surface area contributed by atoms with Gasteiger partial charge in [-0.1, -0.05) is 19.1 Å². The number of rotatable bonds is 8. The maximum absolute atomic E-state index is 12.8. The van der Waals surface area contributed by atoms with Gasteiger partial charge in [0.15, 0.2) is 0 Å². The van der Waals surface area contributed by atoms with E-state index in [0.29, 0.717) is 5.75 Å². The molecule has 0 spiro atoms. The monoisotopic (exact) mass is 338 g/mol. The Morgan fingerprint density at radius 1 is 1.30 bits per heavy atom. The summed E-state index contributed by atoms with van der Waals surface area (Å²) in [5.74, 6) is 1.92. The second-order valence-corrected chi connectivity index (χ2v) is 7.33. The van der Waals surface area contributed by atoms with Crippen LogP contribution in [0.4, 0.5) is 4.39 Å². The van der Waals surface area contributed by atoms with E-state index < -0.39 is 0 Å². The summed E-state index contributed by atoms with van der Waals surface area (Å²) < 4.78 is 12.8. The van der Waals surface area contributed by atoms with Gasteiger partial charge in [0.1, 0.15) is 5.82 Å². The fourth-order valence-electron chi connectivity index (χ4n) is 2.71. The van der Waals surface area contributed by atoms with Gasteiger partial charge >= 0.3 is 0 Å². The molecule has 1 aromatic rings. The normalized spacial score (nSPS) is 16.4. The molecule has 3 nitrogen and oxygen atoms in total. The van der Waals surface area contributed by atoms with Gasteiger partial charge in [-0.25, -0.2) is 4.39 Å². The average Bonchev–Trinajstić information content (AvgIpc) is 2.55. The Balaban J connectivity index is 1.49. The quantitative estimate of drug-likeness (QED) is 0.738. The number of halogens is 1. The SMILES string of the molecule is CC1CCN(CCCNC(=O)CSCc2ccc(F)cc2)CC1. The lowest BCUT2D eigenvalue weighted by atomic mass is 9.99. The van der Waals surface area contributed by atoms with Crippen molar-refractivity contribution in [2.24, 2.45) is 5.92 Å². The molecule has 1 heterocycles. The third-order valence-corrected chi connectivity index (χ3v) is 5.27. The Morgan fingerprint density at radius 3 is 2.70 bits per heavy atom. The van der Waals surface area contributed by atoms with E-state index in [4.69, 9.17) is 0 Å². The molecule has 0 atom stereocenters. The van der Waals surface area contributed by atoms with Crippen molar-refractivity contribution < 1.29 is 9.18 Å². The zero-order valence-corrected chi connectivity index (χ0v) is 14.7. The fourth-order valence-corrected chi connectivity index (χ4v) is 3.53. The number of hydrogen-bond donors (Lipinski definition) is 1. The van der Waals surface area contributed by atoms with Gasteiger partial charge in [0.05, 0.1) is 5.75 Å². The summed E-state index contributed by atoms with van der Waals surface area (Å²) in [4.78, 5) is 14.3. The molecule has 1 fully saturated rings. The van der Waals surface area contributed by atoms with Crippen LogP contribution in [0.15, 0.2) is 24.3 Å². The predicted octanol–water partition coefficient (Wildman–Crippen LogP) is 3.30. The zero-order chi connectivity index (χ0) is 16.5. The van der Waals surface area contributed by atoms with Gasteiger partial charge in [0.25, 0.3) is 0 Å². The highest BCUT2D eigenvalue weighted by molar-refractivity contribution is 7.99. The van der Waals surface area contributed by atoms with Crippen LogP contribution >= 0.6 is 11.8 Å². The van der Waals surface area contributed by atoms with Gasteiger partial charge < -0.3 is 10.2 Å². The highest BCUT2D eigenvalue weighted by Gasteiger charge is 2.14. The molecular weight excluding hydrogens is 311 g/mol. The summed E-state index contributed by atoms with van der Waals surface area (Å²) in [7, 11) is 0. The summed E-state index contributed by atoms with van der Waals surface area (Å²) in [6.07, 6.45) is 3.61. The maximum Gasteiger partial charge on any atom is 0.230 e. The van der Waals surface area contributed by atoms with Crippen molar-refractivity contribution in [2.75, 3.05) is 31.9 Å². The third kappa shape index (κ3) is 7.36. The number of amides is 1. The minimum Gasteiger partial charge on any atom is -0.355 e. The van der Waals surface area contributed by atoms with Crippen molar-refractivity contribution in [2.45, 2.75) is 31.9 Å². The van der Waals surface area contributed by atoms with Gasteiger partial charge in [0, 0.05) is 12.3 Å². The van der Waals surface area contributed by atoms with Crippen LogP contribution in [0, 0.1) is 11.7 Å². The van der Waals surface area contributed by atoms with E-state index in [1.165, 1.54) is 38.1 Å². The molecule has 1 amide bonds. The van der Waals surface area contributed by atoms with E-state index in [1.807, 2.05) is 0 Å². The van der Waals surface area contributed by atoms with Gasteiger partial charge in [-0.3, -0.25) is 4.79 Å². The predicted molar refractivity (Wildman–Crippen MR) is 95.0 cm³/mol. The van der Waals surface area contributed by atoms with Gasteiger partial charge in [-0.05, 0) is 62.5 Å².